The number of hydrogen-bond acceptors (Lipinski definition) is 52. The standard InChI is InChI=1S/2C20H24N10O10P2S2.C19H22FN11O10P2S2/c2*21-7-1-2-24-29-8(4-23-16(7)29)9-3-10-11(38-9)5-37-42(35,43)40-15-14(31)12(6-36-41(33,34)39-10)44-19(15)30-17-13(27-28-30)18(32)26-20(22)25-17;20-8-12-6(39-17(8)30-14-9(26-28-30)5(21)1-2-23-14)3-38-43(36,44)41-13-11(32)7(4-37-42(34,35)40-12)45-18(13)31-15-10(27-29-31)16(33)25-19(22)24-15/h2*1-2,4,9-12,14-15,19,31H,3,5-6,21H2,(H,33,34)(H,35,43)(H3,22,25,26,32);1-2,6-8,11-13,17-18,32H,3-4H2,(H2,21,23)(H,34,35)(H,36,44)(H3,22,24,25,33)/t2*9-,10+,11-,12-,14-,15-,19-,42?;6-,7-,8+,11-,12-,13-,17-,18-,43?/m111/s1. The van der Waals surface area contributed by atoms with Gasteiger partial charge in [-0.2, -0.15) is 29.8 Å². The highest BCUT2D eigenvalue weighted by atomic mass is 32.7. The van der Waals surface area contributed by atoms with E-state index in [-0.39, 0.29) is 81.0 Å². The Hall–Kier alpha value is -7.94. The van der Waals surface area contributed by atoms with Crippen LogP contribution in [0.2, 0.25) is 0 Å². The highest BCUT2D eigenvalue weighted by molar-refractivity contribution is 8.44. The quantitative estimate of drug-likeness (QED) is 0.0659. The van der Waals surface area contributed by atoms with Crippen LogP contribution in [-0.2, 0) is 110 Å². The van der Waals surface area contributed by atoms with Gasteiger partial charge in [-0.05, 0) is 41.8 Å². The fraction of sp³-hybridized carbons (Fsp3) is 0.508. The zero-order chi connectivity index (χ0) is 93.8. The zero-order valence-corrected chi connectivity index (χ0v) is 76.7. The largest absolute Gasteiger partial charge is 0.472 e. The summed E-state index contributed by atoms with van der Waals surface area (Å²) in [6.07, 6.45) is -13.8. The highest BCUT2D eigenvalue weighted by Gasteiger charge is 2.58. The molecule has 23 N–H and O–H groups in total. The predicted molar refractivity (Wildman–Crippen MR) is 462 cm³/mol. The summed E-state index contributed by atoms with van der Waals surface area (Å²) in [5.41, 5.74) is 35.3. The molecule has 12 aromatic rings. The molecule has 0 amide bonds. The predicted octanol–water partition coefficient (Wildman–Crippen LogP) is -1.59. The molecule has 0 aliphatic carbocycles. The molecule has 21 rings (SSSR count). The average Bonchev–Trinajstić information content (AvgIpc) is 1.60. The van der Waals surface area contributed by atoms with Crippen LogP contribution >= 0.6 is 91.2 Å². The number of alkyl halides is 1. The van der Waals surface area contributed by atoms with Crippen LogP contribution in [0.3, 0.4) is 0 Å². The number of nitrogen functional groups attached to an aromatic ring is 6. The monoisotopic (exact) mass is 2090 g/mol. The molecule has 133 heavy (non-hydrogen) atoms. The van der Waals surface area contributed by atoms with E-state index in [9.17, 15) is 72.4 Å². The van der Waals surface area contributed by atoms with Gasteiger partial charge in [0, 0.05) is 19.0 Å². The summed E-state index contributed by atoms with van der Waals surface area (Å²) in [4.78, 5) is 123. The number of aromatic nitrogens is 25. The van der Waals surface area contributed by atoms with E-state index in [1.165, 1.54) is 50.8 Å². The molecule has 714 valence electrons. The molecule has 9 saturated heterocycles. The maximum Gasteiger partial charge on any atom is 0.472 e. The lowest BCUT2D eigenvalue weighted by Crippen LogP contribution is -2.35. The van der Waals surface area contributed by atoms with Gasteiger partial charge in [0.05, 0.1) is 127 Å². The van der Waals surface area contributed by atoms with Crippen molar-refractivity contribution in [3.63, 3.8) is 0 Å². The highest BCUT2D eigenvalue weighted by Crippen LogP contribution is 2.63. The van der Waals surface area contributed by atoms with Gasteiger partial charge in [0.2, 0.25) is 17.8 Å². The van der Waals surface area contributed by atoms with E-state index in [1.54, 1.807) is 12.1 Å². The summed E-state index contributed by atoms with van der Waals surface area (Å²) in [6, 6.07) is 4.64. The van der Waals surface area contributed by atoms with Crippen molar-refractivity contribution < 1.29 is 131 Å². The van der Waals surface area contributed by atoms with Gasteiger partial charge >= 0.3 is 43.7 Å². The Morgan fingerprint density at radius 2 is 0.820 bits per heavy atom. The Morgan fingerprint density at radius 1 is 0.436 bits per heavy atom. The van der Waals surface area contributed by atoms with Gasteiger partial charge in [0.25, 0.3) is 16.7 Å². The summed E-state index contributed by atoms with van der Waals surface area (Å²) in [5, 5.41) is 67.1. The molecule has 0 aromatic carbocycles. The average molecular weight is 2090 g/mol. The van der Waals surface area contributed by atoms with E-state index >= 15 is 4.39 Å². The maximum atomic E-state index is 15.9. The van der Waals surface area contributed by atoms with Crippen molar-refractivity contribution in [2.24, 2.45) is 0 Å². The molecule has 0 spiro atoms. The van der Waals surface area contributed by atoms with Crippen LogP contribution in [0.15, 0.2) is 63.6 Å². The lowest BCUT2D eigenvalue weighted by Gasteiger charge is -2.27. The van der Waals surface area contributed by atoms with Gasteiger partial charge in [-0.25, -0.2) is 60.7 Å². The number of nitrogens with zero attached hydrogens (tertiary/aromatic N) is 22. The minimum absolute atomic E-state index is 0.0348. The topological polar surface area (TPSA) is 858 Å². The SMILES string of the molecule is Nc1nc2c(nnn2[C@@H]2S[C@@H]3COP(=O)(O)O[C@H]4C[C@H](c5cnc6c(N)ccnn56)O[C@@H]4COP(=O)(S)O[C@@H]2[C@@H]3O)c(=O)[nH]1.Nc1nc2c(nnn2[C@@H]2S[C@@H]3COP(=O)(O)O[C@H]4C[C@H](c5cnc6c(N)ccnn56)O[C@@H]4COP(O)(=S)O[C@@H]2[C@@H]3O)c(=O)[nH]1.Nc1nc2c(nnn2[C@@H]2S[C@@H]3COP(=O)(O)O[C@H]4[C@H](F)[C@H](n5nnc6c(N)ccnc65)O[C@@H]4COP(O)(=S)O[C@@H]2[C@@H]3O)c(=O)[nH]1. The number of thiol groups is 1. The molecule has 74 heteroatoms. The second kappa shape index (κ2) is 36.1. The number of rotatable bonds is 6. The van der Waals surface area contributed by atoms with Crippen molar-refractivity contribution >= 4 is 206 Å². The van der Waals surface area contributed by atoms with Crippen LogP contribution in [0, 0.1) is 0 Å². The number of phosphoric acid groups is 3. The van der Waals surface area contributed by atoms with Gasteiger partial charge in [-0.1, -0.05) is 33.1 Å². The van der Waals surface area contributed by atoms with E-state index in [0.717, 1.165) is 49.3 Å². The molecule has 61 nitrogen and oxygen atoms in total. The lowest BCUT2D eigenvalue weighted by atomic mass is 10.1. The molecule has 9 aliphatic heterocycles. The number of nitrogens with two attached hydrogens (primary N) is 6. The van der Waals surface area contributed by atoms with E-state index in [0.29, 0.717) is 34.1 Å². The Kier molecular flexibility index (Phi) is 25.5. The number of ether oxygens (including phenoxy) is 3. The first-order valence-corrected chi connectivity index (χ1v) is 53.8. The van der Waals surface area contributed by atoms with E-state index in [1.807, 2.05) is 0 Å². The number of aliphatic hydroxyl groups is 3. The minimum atomic E-state index is -5.05. The van der Waals surface area contributed by atoms with Crippen molar-refractivity contribution in [3.8, 4) is 0 Å². The van der Waals surface area contributed by atoms with Crippen LogP contribution in [0.5, 0.6) is 0 Å². The number of nitrogens with one attached hydrogen (secondary N) is 3. The number of halogens is 1. The lowest BCUT2D eigenvalue weighted by molar-refractivity contribution is -0.0511. The van der Waals surface area contributed by atoms with Crippen LogP contribution in [0.25, 0.3) is 55.9 Å². The summed E-state index contributed by atoms with van der Waals surface area (Å²) < 4.78 is 160. The number of imidazole rings is 2. The van der Waals surface area contributed by atoms with Crippen molar-refractivity contribution in [2.75, 3.05) is 74.0 Å². The Labute approximate surface area is 764 Å². The molecular weight excluding hydrogens is 2020 g/mol. The fourth-order valence-electron chi connectivity index (χ4n) is 15.5. The number of aliphatic hydroxyl groups excluding tert-OH is 3. The summed E-state index contributed by atoms with van der Waals surface area (Å²) in [6.45, 7) is -15.9. The first kappa shape index (κ1) is 94.0. The van der Waals surface area contributed by atoms with E-state index in [2.05, 4.69) is 109 Å². The van der Waals surface area contributed by atoms with Gasteiger partial charge in [0.1, 0.15) is 83.3 Å². The molecule has 6 bridgehead atoms. The van der Waals surface area contributed by atoms with Crippen molar-refractivity contribution in [2.45, 2.75) is 143 Å². The third kappa shape index (κ3) is 18.7. The smallest absolute Gasteiger partial charge is 0.397 e. The number of phosphoric ester groups is 3. The van der Waals surface area contributed by atoms with Gasteiger partial charge < -0.3 is 97.4 Å². The third-order valence-electron chi connectivity index (χ3n) is 21.6. The van der Waals surface area contributed by atoms with Crippen molar-refractivity contribution in [1.29, 1.82) is 0 Å². The fourth-order valence-corrected chi connectivity index (χ4v) is 27.7. The Bertz CT molecular complexity index is 6790. The van der Waals surface area contributed by atoms with Crippen LogP contribution in [0.4, 0.5) is 39.3 Å². The number of thioether (sulfide) groups is 3. The molecule has 28 atom stereocenters. The summed E-state index contributed by atoms with van der Waals surface area (Å²) in [5.74, 6) is -0.680. The summed E-state index contributed by atoms with van der Waals surface area (Å²) >= 11 is 17.5. The zero-order valence-electron chi connectivity index (χ0n) is 66.4. The van der Waals surface area contributed by atoms with Crippen LogP contribution in [-0.4, -0.2) is 299 Å². The number of pyridine rings is 1. The molecule has 21 heterocycles. The maximum absolute atomic E-state index is 15.9. The minimum Gasteiger partial charge on any atom is -0.397 e. The van der Waals surface area contributed by atoms with Crippen molar-refractivity contribution in [3.05, 3.63) is 91.6 Å². The Morgan fingerprint density at radius 3 is 1.26 bits per heavy atom. The summed E-state index contributed by atoms with van der Waals surface area (Å²) in [7, 11) is -14.6. The first-order valence-electron chi connectivity index (χ1n) is 38.6. The van der Waals surface area contributed by atoms with E-state index < -0.39 is 230 Å². The molecule has 12 aromatic heterocycles. The molecule has 9 fully saturated rings. The normalized spacial score (nSPS) is 36.9. The second-order valence-electron chi connectivity index (χ2n) is 30.1. The molecule has 9 aliphatic rings. The Balaban J connectivity index is 0.000000129. The molecule has 0 saturated carbocycles. The number of fused-ring (bicyclic) bond motifs is 15. The van der Waals surface area contributed by atoms with E-state index in [4.69, 9.17) is 127 Å². The van der Waals surface area contributed by atoms with Gasteiger partial charge in [-0.15, -0.1) is 55.7 Å². The first-order chi connectivity index (χ1) is 63.1. The number of aromatic amines is 3. The third-order valence-corrected chi connectivity index (χ3v) is 33.8. The van der Waals surface area contributed by atoms with Gasteiger partial charge in [-0.3, -0.25) is 74.6 Å². The number of H-pyrrole nitrogens is 3. The number of hydrogen-bond donors (Lipinski definition) is 18. The molecule has 0 radical (unpaired) electrons. The number of anilines is 6. The second-order valence-corrected chi connectivity index (χ2v) is 46.9. The molecular formula is C59H70FN31O30P6S6. The van der Waals surface area contributed by atoms with Gasteiger partial charge in [0.15, 0.2) is 68.3 Å². The van der Waals surface area contributed by atoms with Crippen LogP contribution in [0.1, 0.15) is 58.8 Å². The van der Waals surface area contributed by atoms with Crippen molar-refractivity contribution in [1.82, 2.24) is 124 Å². The molecule has 6 unspecified atom stereocenters. The van der Waals surface area contributed by atoms with Crippen LogP contribution < -0.4 is 51.1 Å².